The summed E-state index contributed by atoms with van der Waals surface area (Å²) in [5.74, 6) is 0.655. The molecule has 0 spiro atoms. The minimum Gasteiger partial charge on any atom is -0.363 e. The highest BCUT2D eigenvalue weighted by Crippen LogP contribution is 2.15. The number of anilines is 2. The minimum absolute atomic E-state index is 0.116. The van der Waals surface area contributed by atoms with Crippen LogP contribution in [-0.4, -0.2) is 32.0 Å². The highest BCUT2D eigenvalue weighted by molar-refractivity contribution is 6.04. The van der Waals surface area contributed by atoms with E-state index in [-0.39, 0.29) is 5.91 Å². The van der Waals surface area contributed by atoms with Gasteiger partial charge in [0.1, 0.15) is 11.5 Å². The molecule has 0 aliphatic rings. The number of aromatic nitrogens is 1. The lowest BCUT2D eigenvalue weighted by Gasteiger charge is -2.18. The molecule has 0 saturated carbocycles. The first-order chi connectivity index (χ1) is 9.09. The maximum atomic E-state index is 12.4. The van der Waals surface area contributed by atoms with Crippen molar-refractivity contribution in [3.63, 3.8) is 0 Å². The van der Waals surface area contributed by atoms with Crippen LogP contribution in [-0.2, 0) is 0 Å². The van der Waals surface area contributed by atoms with Gasteiger partial charge in [-0.15, -0.1) is 0 Å². The normalized spacial score (nSPS) is 10.1. The van der Waals surface area contributed by atoms with Crippen LogP contribution in [0, 0.1) is 0 Å². The molecule has 0 atom stereocenters. The largest absolute Gasteiger partial charge is 0.363 e. The summed E-state index contributed by atoms with van der Waals surface area (Å²) in [6.07, 6.45) is 0. The molecule has 0 fully saturated rings. The molecule has 2 aromatic rings. The van der Waals surface area contributed by atoms with Gasteiger partial charge in [-0.3, -0.25) is 4.79 Å². The monoisotopic (exact) mass is 255 g/mol. The molecule has 0 aliphatic heterocycles. The molecule has 1 aromatic heterocycles. The number of nitrogens with zero attached hydrogens (tertiary/aromatic N) is 3. The Morgan fingerprint density at radius 1 is 0.947 bits per heavy atom. The molecule has 0 unspecified atom stereocenters. The third kappa shape index (κ3) is 2.91. The molecule has 1 heterocycles. The van der Waals surface area contributed by atoms with Crippen molar-refractivity contribution in [1.82, 2.24) is 4.98 Å². The summed E-state index contributed by atoms with van der Waals surface area (Å²) in [5, 5.41) is 0. The Labute approximate surface area is 113 Å². The van der Waals surface area contributed by atoms with Crippen molar-refractivity contribution < 1.29 is 4.79 Å². The zero-order chi connectivity index (χ0) is 13.8. The van der Waals surface area contributed by atoms with E-state index in [1.807, 2.05) is 61.5 Å². The molecule has 2 rings (SSSR count). The topological polar surface area (TPSA) is 36.4 Å². The fraction of sp³-hybridized carbons (Fsp3) is 0.200. The van der Waals surface area contributed by atoms with Gasteiger partial charge < -0.3 is 9.80 Å². The van der Waals surface area contributed by atoms with E-state index in [0.29, 0.717) is 5.69 Å². The van der Waals surface area contributed by atoms with Crippen LogP contribution in [0.1, 0.15) is 10.5 Å². The van der Waals surface area contributed by atoms with E-state index in [1.54, 1.807) is 18.0 Å². The number of carbonyl (C=O) groups excluding carboxylic acids is 1. The second kappa shape index (κ2) is 5.52. The van der Waals surface area contributed by atoms with E-state index in [1.165, 1.54) is 0 Å². The molecule has 0 N–H and O–H groups in total. The van der Waals surface area contributed by atoms with Crippen molar-refractivity contribution in [3.8, 4) is 0 Å². The van der Waals surface area contributed by atoms with E-state index in [0.717, 1.165) is 11.5 Å². The molecule has 4 nitrogen and oxygen atoms in total. The van der Waals surface area contributed by atoms with Crippen LogP contribution in [0.3, 0.4) is 0 Å². The number of benzene rings is 1. The molecule has 19 heavy (non-hydrogen) atoms. The molecule has 1 amide bonds. The number of carbonyl (C=O) groups is 1. The molecule has 1 aromatic carbocycles. The van der Waals surface area contributed by atoms with Gasteiger partial charge in [-0.05, 0) is 24.3 Å². The Morgan fingerprint density at radius 2 is 1.63 bits per heavy atom. The molecule has 4 heteroatoms. The van der Waals surface area contributed by atoms with E-state index < -0.39 is 0 Å². The van der Waals surface area contributed by atoms with Gasteiger partial charge in [-0.2, -0.15) is 0 Å². The Hall–Kier alpha value is -2.36. The summed E-state index contributed by atoms with van der Waals surface area (Å²) in [6.45, 7) is 0. The van der Waals surface area contributed by atoms with Gasteiger partial charge in [-0.25, -0.2) is 4.98 Å². The Balaban J connectivity index is 2.27. The summed E-state index contributed by atoms with van der Waals surface area (Å²) in [5.41, 5.74) is 1.29. The van der Waals surface area contributed by atoms with E-state index in [9.17, 15) is 4.79 Å². The summed E-state index contributed by atoms with van der Waals surface area (Å²) in [6, 6.07) is 15.0. The number of hydrogen-bond acceptors (Lipinski definition) is 3. The number of para-hydroxylation sites is 1. The standard InChI is InChI=1S/C15H17N3O/c1-17(2)14-11-7-10-13(16-14)15(19)18(3)12-8-5-4-6-9-12/h4-11H,1-3H3. The predicted molar refractivity (Wildman–Crippen MR) is 77.7 cm³/mol. The summed E-state index contributed by atoms with van der Waals surface area (Å²) in [4.78, 5) is 20.2. The zero-order valence-corrected chi connectivity index (χ0v) is 11.4. The van der Waals surface area contributed by atoms with Crippen LogP contribution < -0.4 is 9.80 Å². The van der Waals surface area contributed by atoms with Crippen molar-refractivity contribution in [3.05, 3.63) is 54.2 Å². The molecular weight excluding hydrogens is 238 g/mol. The van der Waals surface area contributed by atoms with Crippen LogP contribution in [0.15, 0.2) is 48.5 Å². The van der Waals surface area contributed by atoms with Crippen molar-refractivity contribution >= 4 is 17.4 Å². The molecule has 0 aliphatic carbocycles. The molecule has 98 valence electrons. The lowest BCUT2D eigenvalue weighted by molar-refractivity contribution is 0.0988. The van der Waals surface area contributed by atoms with Crippen molar-refractivity contribution in [2.75, 3.05) is 30.9 Å². The van der Waals surface area contributed by atoms with E-state index >= 15 is 0 Å². The average Bonchev–Trinajstić information content (AvgIpc) is 2.46. The van der Waals surface area contributed by atoms with E-state index in [4.69, 9.17) is 0 Å². The van der Waals surface area contributed by atoms with Gasteiger partial charge in [0, 0.05) is 26.8 Å². The Kier molecular flexibility index (Phi) is 3.80. The van der Waals surface area contributed by atoms with Crippen LogP contribution in [0.5, 0.6) is 0 Å². The summed E-state index contributed by atoms with van der Waals surface area (Å²) in [7, 11) is 5.55. The third-order valence-corrected chi connectivity index (χ3v) is 2.86. The third-order valence-electron chi connectivity index (χ3n) is 2.86. The summed E-state index contributed by atoms with van der Waals surface area (Å²) >= 11 is 0. The second-order valence-electron chi connectivity index (χ2n) is 4.48. The highest BCUT2D eigenvalue weighted by Gasteiger charge is 2.15. The maximum Gasteiger partial charge on any atom is 0.276 e. The summed E-state index contributed by atoms with van der Waals surface area (Å²) < 4.78 is 0. The number of amides is 1. The molecule has 0 saturated heterocycles. The SMILES string of the molecule is CN(C)c1cccc(C(=O)N(C)c2ccccc2)n1. The van der Waals surface area contributed by atoms with Gasteiger partial charge in [0.15, 0.2) is 0 Å². The fourth-order valence-corrected chi connectivity index (χ4v) is 1.73. The Morgan fingerprint density at radius 3 is 2.26 bits per heavy atom. The Bertz CT molecular complexity index is 567. The van der Waals surface area contributed by atoms with Crippen LogP contribution in [0.25, 0.3) is 0 Å². The number of hydrogen-bond donors (Lipinski definition) is 0. The number of pyridine rings is 1. The van der Waals surface area contributed by atoms with Crippen molar-refractivity contribution in [1.29, 1.82) is 0 Å². The van der Waals surface area contributed by atoms with Gasteiger partial charge in [0.2, 0.25) is 0 Å². The lowest BCUT2D eigenvalue weighted by atomic mass is 10.2. The first-order valence-corrected chi connectivity index (χ1v) is 6.07. The van der Waals surface area contributed by atoms with Gasteiger partial charge in [0.05, 0.1) is 0 Å². The average molecular weight is 255 g/mol. The van der Waals surface area contributed by atoms with E-state index in [2.05, 4.69) is 4.98 Å². The molecule has 0 bridgehead atoms. The zero-order valence-electron chi connectivity index (χ0n) is 11.4. The first-order valence-electron chi connectivity index (χ1n) is 6.07. The predicted octanol–water partition coefficient (Wildman–Crippen LogP) is 2.42. The van der Waals surface area contributed by atoms with Crippen molar-refractivity contribution in [2.24, 2.45) is 0 Å². The van der Waals surface area contributed by atoms with Crippen molar-refractivity contribution in [2.45, 2.75) is 0 Å². The van der Waals surface area contributed by atoms with Gasteiger partial charge in [-0.1, -0.05) is 24.3 Å². The fourth-order valence-electron chi connectivity index (χ4n) is 1.73. The quantitative estimate of drug-likeness (QED) is 0.845. The van der Waals surface area contributed by atoms with Gasteiger partial charge >= 0.3 is 0 Å². The van der Waals surface area contributed by atoms with Gasteiger partial charge in [0.25, 0.3) is 5.91 Å². The molecular formula is C15H17N3O. The highest BCUT2D eigenvalue weighted by atomic mass is 16.2. The lowest BCUT2D eigenvalue weighted by Crippen LogP contribution is -2.27. The van der Waals surface area contributed by atoms with Crippen LogP contribution >= 0.6 is 0 Å². The molecule has 0 radical (unpaired) electrons. The first kappa shape index (κ1) is 13.1. The minimum atomic E-state index is -0.116. The van der Waals surface area contributed by atoms with Crippen LogP contribution in [0.4, 0.5) is 11.5 Å². The smallest absolute Gasteiger partial charge is 0.276 e. The number of rotatable bonds is 3. The second-order valence-corrected chi connectivity index (χ2v) is 4.48. The maximum absolute atomic E-state index is 12.4. The van der Waals surface area contributed by atoms with Crippen LogP contribution in [0.2, 0.25) is 0 Å².